The predicted molar refractivity (Wildman–Crippen MR) is 45.1 cm³/mol. The molecule has 1 heterocycles. The van der Waals surface area contributed by atoms with Crippen molar-refractivity contribution in [2.24, 2.45) is 0 Å². The van der Waals surface area contributed by atoms with Crippen molar-refractivity contribution >= 4 is 29.0 Å². The van der Waals surface area contributed by atoms with Crippen molar-refractivity contribution in [3.63, 3.8) is 0 Å². The van der Waals surface area contributed by atoms with E-state index in [0.717, 1.165) is 0 Å². The predicted octanol–water partition coefficient (Wildman–Crippen LogP) is 3.02. The summed E-state index contributed by atoms with van der Waals surface area (Å²) in [6.07, 6.45) is 0. The summed E-state index contributed by atoms with van der Waals surface area (Å²) in [5.74, 6) is 0.562. The number of alkyl halides is 1. The van der Waals surface area contributed by atoms with Crippen molar-refractivity contribution in [3.8, 4) is 0 Å². The van der Waals surface area contributed by atoms with Crippen molar-refractivity contribution in [1.29, 1.82) is 0 Å². The van der Waals surface area contributed by atoms with Crippen molar-refractivity contribution in [2.75, 3.05) is 0 Å². The van der Waals surface area contributed by atoms with Gasteiger partial charge >= 0.3 is 0 Å². The molecule has 0 saturated carbocycles. The molecule has 0 bridgehead atoms. The molecule has 1 aromatic rings. The van der Waals surface area contributed by atoms with Crippen LogP contribution in [0.1, 0.15) is 5.69 Å². The fraction of sp³-hybridized carbons (Fsp3) is 0.143. The summed E-state index contributed by atoms with van der Waals surface area (Å²) in [7, 11) is 0. The minimum absolute atomic E-state index is 0.238. The lowest BCUT2D eigenvalue weighted by atomic mass is 10.4. The Bertz CT molecular complexity index is 304. The molecule has 1 aromatic heterocycles. The second-order valence-corrected chi connectivity index (χ2v) is 2.52. The van der Waals surface area contributed by atoms with E-state index in [9.17, 15) is 0 Å². The molecule has 2 nitrogen and oxygen atoms in total. The molecule has 0 aliphatic rings. The summed E-state index contributed by atoms with van der Waals surface area (Å²) in [4.78, 5) is 7.03. The van der Waals surface area contributed by atoms with Gasteiger partial charge in [0.05, 0.1) is 10.9 Å². The Labute approximate surface area is 74.6 Å². The van der Waals surface area contributed by atoms with Gasteiger partial charge in [-0.05, 0) is 12.1 Å². The summed E-state index contributed by atoms with van der Waals surface area (Å²) in [5.41, 5.74) is 0.557. The van der Waals surface area contributed by atoms with Crippen molar-refractivity contribution in [3.05, 3.63) is 34.3 Å². The van der Waals surface area contributed by atoms with Crippen molar-refractivity contribution in [2.45, 2.75) is 5.88 Å². The summed E-state index contributed by atoms with van der Waals surface area (Å²) >= 11 is 11.2. The third-order valence-electron chi connectivity index (χ3n) is 1.15. The second kappa shape index (κ2) is 3.56. The topological polar surface area (TPSA) is 17.2 Å². The summed E-state index contributed by atoms with van der Waals surface area (Å²) in [6, 6.07) is 3.19. The zero-order chi connectivity index (χ0) is 8.27. The molecule has 0 aliphatic carbocycles. The van der Waals surface area contributed by atoms with Gasteiger partial charge < -0.3 is 4.85 Å². The largest absolute Gasteiger partial charge is 0.361 e. The fourth-order valence-corrected chi connectivity index (χ4v) is 1.07. The molecule has 0 spiro atoms. The SMILES string of the molecule is [C-]#[N+]c1ccc(Cl)c(CCl)n1. The van der Waals surface area contributed by atoms with Gasteiger partial charge in [-0.1, -0.05) is 18.2 Å². The molecule has 0 fully saturated rings. The quantitative estimate of drug-likeness (QED) is 0.487. The number of halogens is 2. The van der Waals surface area contributed by atoms with Gasteiger partial charge in [-0.15, -0.1) is 16.6 Å². The van der Waals surface area contributed by atoms with E-state index in [4.69, 9.17) is 29.8 Å². The van der Waals surface area contributed by atoms with Gasteiger partial charge in [-0.25, -0.2) is 0 Å². The molecule has 1 rings (SSSR count). The maximum absolute atomic E-state index is 6.66. The van der Waals surface area contributed by atoms with Gasteiger partial charge in [0.1, 0.15) is 0 Å². The number of pyridine rings is 1. The monoisotopic (exact) mass is 186 g/mol. The Hall–Kier alpha value is -0.780. The average molecular weight is 187 g/mol. The van der Waals surface area contributed by atoms with E-state index in [1.54, 1.807) is 12.1 Å². The van der Waals surface area contributed by atoms with Gasteiger partial charge in [-0.2, -0.15) is 0 Å². The molecule has 0 unspecified atom stereocenters. The summed E-state index contributed by atoms with van der Waals surface area (Å²) < 4.78 is 0. The first-order valence-electron chi connectivity index (χ1n) is 2.86. The third kappa shape index (κ3) is 1.83. The first-order chi connectivity index (χ1) is 5.27. The minimum atomic E-state index is 0.238. The molecule has 56 valence electrons. The highest BCUT2D eigenvalue weighted by Crippen LogP contribution is 2.19. The Kier molecular flexibility index (Phi) is 2.70. The highest BCUT2D eigenvalue weighted by molar-refractivity contribution is 6.32. The van der Waals surface area contributed by atoms with Crippen molar-refractivity contribution in [1.82, 2.24) is 4.98 Å². The van der Waals surface area contributed by atoms with E-state index < -0.39 is 0 Å². The van der Waals surface area contributed by atoms with Gasteiger partial charge in [0.25, 0.3) is 5.82 Å². The molecule has 0 amide bonds. The van der Waals surface area contributed by atoms with Crippen LogP contribution in [-0.2, 0) is 5.88 Å². The molecule has 4 heteroatoms. The lowest BCUT2D eigenvalue weighted by Crippen LogP contribution is -1.84. The van der Waals surface area contributed by atoms with Gasteiger partial charge in [0.2, 0.25) is 0 Å². The van der Waals surface area contributed by atoms with E-state index >= 15 is 0 Å². The molecule has 11 heavy (non-hydrogen) atoms. The first kappa shape index (κ1) is 8.32. The van der Waals surface area contributed by atoms with Crippen LogP contribution in [0.4, 0.5) is 5.82 Å². The Balaban J connectivity index is 3.15. The van der Waals surface area contributed by atoms with Gasteiger partial charge in [-0.3, -0.25) is 0 Å². The first-order valence-corrected chi connectivity index (χ1v) is 3.78. The van der Waals surface area contributed by atoms with E-state index in [0.29, 0.717) is 16.5 Å². The smallest absolute Gasteiger partial charge is 0.269 e. The summed E-state index contributed by atoms with van der Waals surface area (Å²) in [5, 5.41) is 0.507. The highest BCUT2D eigenvalue weighted by Gasteiger charge is 2.04. The Morgan fingerprint density at radius 3 is 2.82 bits per heavy atom. The normalized spacial score (nSPS) is 9.18. The average Bonchev–Trinajstić information content (AvgIpc) is 2.05. The van der Waals surface area contributed by atoms with Crippen LogP contribution in [0.2, 0.25) is 5.02 Å². The minimum Gasteiger partial charge on any atom is -0.361 e. The zero-order valence-corrected chi connectivity index (χ0v) is 7.02. The molecule has 0 aliphatic heterocycles. The van der Waals surface area contributed by atoms with Crippen LogP contribution in [0.5, 0.6) is 0 Å². The highest BCUT2D eigenvalue weighted by atomic mass is 35.5. The zero-order valence-electron chi connectivity index (χ0n) is 5.51. The molecular formula is C7H4Cl2N2. The van der Waals surface area contributed by atoms with E-state index in [1.165, 1.54) is 0 Å². The van der Waals surface area contributed by atoms with Crippen LogP contribution in [0.3, 0.4) is 0 Å². The number of nitrogens with zero attached hydrogens (tertiary/aromatic N) is 2. The molecule has 0 N–H and O–H groups in total. The Morgan fingerprint density at radius 1 is 1.55 bits per heavy atom. The van der Waals surface area contributed by atoms with Crippen LogP contribution in [0.15, 0.2) is 12.1 Å². The number of hydrogen-bond acceptors (Lipinski definition) is 1. The number of aromatic nitrogens is 1. The van der Waals surface area contributed by atoms with Crippen LogP contribution >= 0.6 is 23.2 Å². The maximum atomic E-state index is 6.66. The second-order valence-electron chi connectivity index (χ2n) is 1.84. The molecule has 0 saturated heterocycles. The van der Waals surface area contributed by atoms with Crippen LogP contribution in [-0.4, -0.2) is 4.98 Å². The molecule has 0 radical (unpaired) electrons. The van der Waals surface area contributed by atoms with Crippen LogP contribution in [0.25, 0.3) is 4.85 Å². The molecule has 0 atom stereocenters. The van der Waals surface area contributed by atoms with E-state index in [-0.39, 0.29) is 5.88 Å². The number of hydrogen-bond donors (Lipinski definition) is 0. The summed E-state index contributed by atoms with van der Waals surface area (Å²) in [6.45, 7) is 6.66. The van der Waals surface area contributed by atoms with E-state index in [2.05, 4.69) is 9.83 Å². The maximum Gasteiger partial charge on any atom is 0.269 e. The van der Waals surface area contributed by atoms with Crippen molar-refractivity contribution < 1.29 is 0 Å². The number of rotatable bonds is 1. The van der Waals surface area contributed by atoms with Gasteiger partial charge in [0, 0.05) is 0 Å². The lowest BCUT2D eigenvalue weighted by Gasteiger charge is -1.93. The standard InChI is InChI=1S/C7H4Cl2N2/c1-10-7-3-2-5(9)6(4-8)11-7/h2-3H,4H2. The van der Waals surface area contributed by atoms with E-state index in [1.807, 2.05) is 0 Å². The third-order valence-corrected chi connectivity index (χ3v) is 1.74. The molecular weight excluding hydrogens is 183 g/mol. The Morgan fingerprint density at radius 2 is 2.27 bits per heavy atom. The van der Waals surface area contributed by atoms with Crippen LogP contribution < -0.4 is 0 Å². The lowest BCUT2D eigenvalue weighted by molar-refractivity contribution is 1.19. The fourth-order valence-electron chi connectivity index (χ4n) is 0.629. The van der Waals surface area contributed by atoms with Gasteiger partial charge in [0.15, 0.2) is 5.69 Å². The van der Waals surface area contributed by atoms with Crippen LogP contribution in [0, 0.1) is 6.57 Å². The molecule has 0 aromatic carbocycles.